The normalized spacial score (nSPS) is 14.0. The summed E-state index contributed by atoms with van der Waals surface area (Å²) in [7, 11) is 1.74. The summed E-state index contributed by atoms with van der Waals surface area (Å²) in [6, 6.07) is 41.6. The van der Waals surface area contributed by atoms with Crippen LogP contribution in [0.3, 0.4) is 0 Å². The number of rotatable bonds is 4. The van der Waals surface area contributed by atoms with E-state index in [4.69, 9.17) is 4.74 Å². The van der Waals surface area contributed by atoms with Gasteiger partial charge in [0.05, 0.1) is 6.61 Å². The predicted molar refractivity (Wildman–Crippen MR) is 188 cm³/mol. The molecule has 0 fully saturated rings. The summed E-state index contributed by atoms with van der Waals surface area (Å²) in [4.78, 5) is 0. The molecule has 0 unspecified atom stereocenters. The number of benzene rings is 7. The third-order valence-corrected chi connectivity index (χ3v) is 10.1. The van der Waals surface area contributed by atoms with Crippen molar-refractivity contribution in [3.8, 4) is 33.4 Å². The average molecular weight is 571 g/mol. The van der Waals surface area contributed by atoms with Crippen molar-refractivity contribution in [1.82, 2.24) is 0 Å². The number of methoxy groups -OCH3 is 1. The Morgan fingerprint density at radius 3 is 1.75 bits per heavy atom. The molecular formula is C43H38O. The molecule has 7 aromatic carbocycles. The second kappa shape index (κ2) is 9.52. The Morgan fingerprint density at radius 1 is 0.545 bits per heavy atom. The zero-order valence-electron chi connectivity index (χ0n) is 26.5. The van der Waals surface area contributed by atoms with Gasteiger partial charge >= 0.3 is 0 Å². The van der Waals surface area contributed by atoms with Crippen LogP contribution < -0.4 is 0 Å². The molecule has 0 atom stereocenters. The maximum atomic E-state index is 5.31. The molecule has 44 heavy (non-hydrogen) atoms. The van der Waals surface area contributed by atoms with Crippen LogP contribution in [0, 0.1) is 0 Å². The van der Waals surface area contributed by atoms with E-state index >= 15 is 0 Å². The smallest absolute Gasteiger partial charge is 0.0713 e. The summed E-state index contributed by atoms with van der Waals surface area (Å²) < 4.78 is 5.31. The minimum Gasteiger partial charge on any atom is -0.380 e. The predicted octanol–water partition coefficient (Wildman–Crippen LogP) is 11.7. The molecular weight excluding hydrogens is 532 g/mol. The minimum atomic E-state index is -0.0974. The van der Waals surface area contributed by atoms with Gasteiger partial charge in [0.25, 0.3) is 0 Å². The molecule has 0 amide bonds. The molecule has 0 saturated heterocycles. The van der Waals surface area contributed by atoms with Gasteiger partial charge in [-0.2, -0.15) is 0 Å². The first-order chi connectivity index (χ1) is 21.1. The van der Waals surface area contributed by atoms with E-state index in [2.05, 4.69) is 144 Å². The van der Waals surface area contributed by atoms with E-state index in [9.17, 15) is 0 Å². The number of ether oxygens (including phenoxy) is 1. The van der Waals surface area contributed by atoms with Crippen LogP contribution in [0.15, 0.2) is 109 Å². The molecule has 0 bridgehead atoms. The highest BCUT2D eigenvalue weighted by atomic mass is 16.5. The lowest BCUT2D eigenvalue weighted by atomic mass is 9.80. The Bertz CT molecular complexity index is 2210. The van der Waals surface area contributed by atoms with E-state index in [0.29, 0.717) is 6.61 Å². The molecule has 0 aliphatic heterocycles. The number of fused-ring (bicyclic) bond motifs is 3. The third kappa shape index (κ3) is 4.03. The number of hydrogen-bond acceptors (Lipinski definition) is 1. The van der Waals surface area contributed by atoms with Crippen LogP contribution in [0.5, 0.6) is 0 Å². The van der Waals surface area contributed by atoms with Crippen LogP contribution in [0.25, 0.3) is 65.7 Å². The van der Waals surface area contributed by atoms with Crippen LogP contribution >= 0.6 is 0 Å². The lowest BCUT2D eigenvalue weighted by Gasteiger charge is -2.23. The van der Waals surface area contributed by atoms with Crippen LogP contribution in [0.1, 0.15) is 56.9 Å². The first kappa shape index (κ1) is 27.1. The van der Waals surface area contributed by atoms with E-state index in [1.54, 1.807) is 7.11 Å². The molecule has 8 rings (SSSR count). The molecule has 216 valence electrons. The van der Waals surface area contributed by atoms with Gasteiger partial charge in [-0.25, -0.2) is 0 Å². The molecule has 0 N–H and O–H groups in total. The molecule has 1 aliphatic carbocycles. The van der Waals surface area contributed by atoms with Gasteiger partial charge in [-0.05, 0) is 105 Å². The summed E-state index contributed by atoms with van der Waals surface area (Å²) in [5.41, 5.74) is 13.2. The van der Waals surface area contributed by atoms with E-state index in [1.165, 1.54) is 88.0 Å². The second-order valence-electron chi connectivity index (χ2n) is 14.2. The zero-order chi connectivity index (χ0) is 30.4. The van der Waals surface area contributed by atoms with Crippen LogP contribution in [0.4, 0.5) is 0 Å². The van der Waals surface area contributed by atoms with Crippen molar-refractivity contribution in [2.45, 2.75) is 52.1 Å². The molecule has 0 aromatic heterocycles. The van der Waals surface area contributed by atoms with Crippen molar-refractivity contribution in [2.75, 3.05) is 7.11 Å². The van der Waals surface area contributed by atoms with Gasteiger partial charge in [-0.3, -0.25) is 0 Å². The Balaban J connectivity index is 1.24. The first-order valence-corrected chi connectivity index (χ1v) is 15.7. The van der Waals surface area contributed by atoms with Gasteiger partial charge in [0, 0.05) is 12.5 Å². The van der Waals surface area contributed by atoms with Crippen LogP contribution in [0.2, 0.25) is 0 Å². The van der Waals surface area contributed by atoms with Gasteiger partial charge in [0.15, 0.2) is 0 Å². The summed E-state index contributed by atoms with van der Waals surface area (Å²) in [5.74, 6) is 0. The Hall–Kier alpha value is -4.46. The fourth-order valence-corrected chi connectivity index (χ4v) is 7.55. The molecule has 1 aliphatic rings. The van der Waals surface area contributed by atoms with Crippen molar-refractivity contribution in [3.63, 3.8) is 0 Å². The van der Waals surface area contributed by atoms with Gasteiger partial charge in [-0.1, -0.05) is 132 Å². The summed E-state index contributed by atoms with van der Waals surface area (Å²) in [6.07, 6.45) is 0. The molecule has 0 heterocycles. The molecule has 1 heteroatoms. The van der Waals surface area contributed by atoms with Crippen LogP contribution in [-0.2, 0) is 22.2 Å². The van der Waals surface area contributed by atoms with Gasteiger partial charge in [-0.15, -0.1) is 0 Å². The highest BCUT2D eigenvalue weighted by Gasteiger charge is 2.36. The zero-order valence-corrected chi connectivity index (χ0v) is 26.5. The standard InChI is InChI=1S/C43H38O/c1-42(2,3)33-21-31-12-11-28-13-17-34(37-20-16-32(22-33)40(31)41(28)37)30-15-19-36-35-18-14-29(23-38(35)43(4,5)39(36)24-30)27-9-7-26(8-10-27)25-44-6/h7-24H,25H2,1-6H3. The fraction of sp³-hybridized carbons (Fsp3) is 0.209. The van der Waals surface area contributed by atoms with Gasteiger partial charge in [0.1, 0.15) is 0 Å². The maximum Gasteiger partial charge on any atom is 0.0713 e. The quantitative estimate of drug-likeness (QED) is 0.191. The van der Waals surface area contributed by atoms with Gasteiger partial charge < -0.3 is 4.74 Å². The summed E-state index contributed by atoms with van der Waals surface area (Å²) in [5, 5.41) is 8.06. The fourth-order valence-electron chi connectivity index (χ4n) is 7.55. The Labute approximate surface area is 260 Å². The second-order valence-corrected chi connectivity index (χ2v) is 14.2. The van der Waals surface area contributed by atoms with Crippen molar-refractivity contribution < 1.29 is 4.74 Å². The van der Waals surface area contributed by atoms with E-state index in [0.717, 1.165) is 0 Å². The Morgan fingerprint density at radius 2 is 1.09 bits per heavy atom. The van der Waals surface area contributed by atoms with Crippen molar-refractivity contribution in [3.05, 3.63) is 131 Å². The lowest BCUT2D eigenvalue weighted by molar-refractivity contribution is 0.185. The topological polar surface area (TPSA) is 9.23 Å². The highest BCUT2D eigenvalue weighted by Crippen LogP contribution is 2.51. The van der Waals surface area contributed by atoms with Crippen LogP contribution in [-0.4, -0.2) is 7.11 Å². The first-order valence-electron chi connectivity index (χ1n) is 15.7. The SMILES string of the molecule is COCc1ccc(-c2ccc3c(c2)C(C)(C)c2cc(-c4ccc5ccc6cc(C(C)(C)C)cc7ccc4c5c67)ccc2-3)cc1. The van der Waals surface area contributed by atoms with Gasteiger partial charge in [0.2, 0.25) is 0 Å². The molecule has 0 radical (unpaired) electrons. The van der Waals surface area contributed by atoms with Crippen molar-refractivity contribution >= 4 is 32.3 Å². The average Bonchev–Trinajstić information content (AvgIpc) is 3.25. The third-order valence-electron chi connectivity index (χ3n) is 10.1. The Kier molecular flexibility index (Phi) is 5.87. The summed E-state index contributed by atoms with van der Waals surface area (Å²) >= 11 is 0. The minimum absolute atomic E-state index is 0.0974. The monoisotopic (exact) mass is 570 g/mol. The van der Waals surface area contributed by atoms with E-state index in [1.807, 2.05) is 0 Å². The molecule has 0 saturated carbocycles. The van der Waals surface area contributed by atoms with Crippen molar-refractivity contribution in [2.24, 2.45) is 0 Å². The molecule has 7 aromatic rings. The van der Waals surface area contributed by atoms with Crippen molar-refractivity contribution in [1.29, 1.82) is 0 Å². The number of hydrogen-bond donors (Lipinski definition) is 0. The molecule has 1 nitrogen and oxygen atoms in total. The lowest BCUT2D eigenvalue weighted by Crippen LogP contribution is -2.15. The van der Waals surface area contributed by atoms with E-state index in [-0.39, 0.29) is 10.8 Å². The maximum absolute atomic E-state index is 5.31. The van der Waals surface area contributed by atoms with E-state index < -0.39 is 0 Å². The highest BCUT2D eigenvalue weighted by molar-refractivity contribution is 6.25. The largest absolute Gasteiger partial charge is 0.380 e. The summed E-state index contributed by atoms with van der Waals surface area (Å²) in [6.45, 7) is 12.3. The molecule has 0 spiro atoms.